The molecule has 0 saturated carbocycles. The second-order valence-corrected chi connectivity index (χ2v) is 13.7. The Hall–Kier alpha value is -3.14. The number of carbonyl (C=O) groups excluding carboxylic acids is 2. The minimum Gasteiger partial charge on any atom is -0.508 e. The van der Waals surface area contributed by atoms with E-state index in [0.29, 0.717) is 36.5 Å². The summed E-state index contributed by atoms with van der Waals surface area (Å²) in [5, 5.41) is 24.3. The van der Waals surface area contributed by atoms with Crippen molar-refractivity contribution in [3.05, 3.63) is 82.1 Å². The summed E-state index contributed by atoms with van der Waals surface area (Å²) >= 11 is 0. The summed E-state index contributed by atoms with van der Waals surface area (Å²) in [7, 11) is 4.97. The summed E-state index contributed by atoms with van der Waals surface area (Å²) in [6.07, 6.45) is 8.59. The van der Waals surface area contributed by atoms with Crippen molar-refractivity contribution in [2.45, 2.75) is 62.8 Å². The number of methoxy groups -OCH3 is 1. The number of phenols is 2. The Kier molecular flexibility index (Phi) is 9.70. The molecule has 0 saturated heterocycles. The van der Waals surface area contributed by atoms with Crippen molar-refractivity contribution in [1.29, 1.82) is 0 Å². The van der Waals surface area contributed by atoms with Crippen LogP contribution < -0.4 is 15.8 Å². The zero-order chi connectivity index (χ0) is 29.8. The number of ketones is 2. The smallest absolute Gasteiger partial charge is 0.166 e. The first-order chi connectivity index (χ1) is 20.3. The number of nitrogens with one attached hydrogen (secondary N) is 1. The maximum absolute atomic E-state index is 13.4. The molecule has 2 aromatic carbocycles. The molecule has 0 radical (unpaired) electrons. The van der Waals surface area contributed by atoms with Crippen molar-refractivity contribution < 1.29 is 24.5 Å². The lowest BCUT2D eigenvalue weighted by Crippen LogP contribution is -2.40. The standard InChI is InChI=1S/C33H38N2O5S2/c1-3-19-7-9-25(37)15-29(38)20-8-10-26(27-16-30(39)31(40-2)14-22(27)11-20)23-13-28(33(34)35-17-23)32(42-41-18-19)21-5-4-6-24(36)12-21/h4-6,11-14,16-17,19,26,32-33,35-36,39H,3,7-10,15,18,34H2,1-2H3/t19-,26-,32-,33?/m1/s1. The molecule has 3 aliphatic rings. The Morgan fingerprint density at radius 2 is 1.93 bits per heavy atom. The third kappa shape index (κ3) is 6.74. The lowest BCUT2D eigenvalue weighted by atomic mass is 9.83. The third-order valence-electron chi connectivity index (χ3n) is 8.38. The Balaban J connectivity index is 1.62. The van der Waals surface area contributed by atoms with Gasteiger partial charge in [-0.15, -0.1) is 0 Å². The normalized spacial score (nSPS) is 25.3. The second-order valence-electron chi connectivity index (χ2n) is 11.2. The number of carbonyl (C=O) groups is 2. The number of fused-ring (bicyclic) bond motifs is 7. The first-order valence-corrected chi connectivity index (χ1v) is 16.8. The van der Waals surface area contributed by atoms with Crippen LogP contribution in [0.15, 0.2) is 65.4 Å². The molecule has 0 amide bonds. The average molecular weight is 607 g/mol. The van der Waals surface area contributed by atoms with E-state index in [1.54, 1.807) is 45.9 Å². The Morgan fingerprint density at radius 3 is 2.69 bits per heavy atom. The molecule has 42 heavy (non-hydrogen) atoms. The molecular formula is C33H38N2O5S2. The molecule has 2 aromatic rings. The summed E-state index contributed by atoms with van der Waals surface area (Å²) in [4.78, 5) is 26.3. The van der Waals surface area contributed by atoms with Crippen molar-refractivity contribution in [2.24, 2.45) is 11.7 Å². The summed E-state index contributed by atoms with van der Waals surface area (Å²) in [6, 6.07) is 10.8. The number of rotatable bonds is 3. The zero-order valence-corrected chi connectivity index (χ0v) is 25.6. The fourth-order valence-corrected chi connectivity index (χ4v) is 9.15. The van der Waals surface area contributed by atoms with Crippen LogP contribution in [0.3, 0.4) is 0 Å². The van der Waals surface area contributed by atoms with E-state index < -0.39 is 6.17 Å². The van der Waals surface area contributed by atoms with E-state index in [0.717, 1.165) is 46.4 Å². The van der Waals surface area contributed by atoms with Gasteiger partial charge in [-0.2, -0.15) is 0 Å². The quantitative estimate of drug-likeness (QED) is 0.228. The number of aromatic hydroxyl groups is 2. The van der Waals surface area contributed by atoms with Crippen LogP contribution in [-0.2, 0) is 9.59 Å². The maximum Gasteiger partial charge on any atom is 0.166 e. The number of Topliss-reactive ketones (excluding diaryl/α,β-unsaturated/α-hetero) is 2. The molecule has 5 rings (SSSR count). The van der Waals surface area contributed by atoms with Crippen molar-refractivity contribution in [3.63, 3.8) is 0 Å². The van der Waals surface area contributed by atoms with Crippen LogP contribution in [0, 0.1) is 5.92 Å². The molecule has 0 fully saturated rings. The highest BCUT2D eigenvalue weighted by Gasteiger charge is 2.31. The van der Waals surface area contributed by atoms with Gasteiger partial charge in [0.1, 0.15) is 11.5 Å². The van der Waals surface area contributed by atoms with Crippen LogP contribution in [0.25, 0.3) is 6.08 Å². The SMILES string of the molecule is CC[C@@H]1CCC(=O)CC(=O)C2=Cc3cc(OC)c(O)cc3[C@H](CC2)C2=CNC(N)C(=C2)[C@@H](c2cccc(O)c2)SSC1. The summed E-state index contributed by atoms with van der Waals surface area (Å²) in [5.74, 6) is 1.44. The molecule has 7 nitrogen and oxygen atoms in total. The zero-order valence-electron chi connectivity index (χ0n) is 24.0. The van der Waals surface area contributed by atoms with Crippen LogP contribution >= 0.6 is 21.6 Å². The summed E-state index contributed by atoms with van der Waals surface area (Å²) in [6.45, 7) is 2.14. The van der Waals surface area contributed by atoms with Crippen LogP contribution in [0.4, 0.5) is 0 Å². The molecule has 2 heterocycles. The predicted molar refractivity (Wildman–Crippen MR) is 170 cm³/mol. The number of allylic oxidation sites excluding steroid dienone is 3. The third-order valence-corrected chi connectivity index (χ3v) is 11.3. The van der Waals surface area contributed by atoms with Gasteiger partial charge in [0.2, 0.25) is 0 Å². The minimum atomic E-state index is -0.430. The molecule has 1 aliphatic carbocycles. The fourth-order valence-electron chi connectivity index (χ4n) is 5.86. The lowest BCUT2D eigenvalue weighted by molar-refractivity contribution is -0.125. The first kappa shape index (κ1) is 30.3. The van der Waals surface area contributed by atoms with Gasteiger partial charge in [0.05, 0.1) is 24.9 Å². The molecule has 5 N–H and O–H groups in total. The molecule has 4 bridgehead atoms. The summed E-state index contributed by atoms with van der Waals surface area (Å²) in [5.41, 5.74) is 11.9. The highest BCUT2D eigenvalue weighted by molar-refractivity contribution is 8.76. The number of nitrogens with two attached hydrogens (primary N) is 1. The average Bonchev–Trinajstić information content (AvgIpc) is 3.16. The first-order valence-electron chi connectivity index (χ1n) is 14.4. The number of phenolic OH excluding ortho intramolecular Hbond substituents is 2. The Bertz CT molecular complexity index is 1450. The number of hydrogen-bond acceptors (Lipinski definition) is 9. The van der Waals surface area contributed by atoms with Gasteiger partial charge in [-0.25, -0.2) is 0 Å². The topological polar surface area (TPSA) is 122 Å². The Morgan fingerprint density at radius 1 is 1.10 bits per heavy atom. The van der Waals surface area contributed by atoms with Crippen LogP contribution in [0.1, 0.15) is 73.3 Å². The number of hydrogen-bond donors (Lipinski definition) is 4. The molecule has 9 heteroatoms. The monoisotopic (exact) mass is 606 g/mol. The van der Waals surface area contributed by atoms with Crippen LogP contribution in [-0.4, -0.2) is 40.8 Å². The van der Waals surface area contributed by atoms with E-state index in [4.69, 9.17) is 10.5 Å². The lowest BCUT2D eigenvalue weighted by Gasteiger charge is -2.31. The predicted octanol–water partition coefficient (Wildman–Crippen LogP) is 6.54. The summed E-state index contributed by atoms with van der Waals surface area (Å²) < 4.78 is 5.40. The van der Waals surface area contributed by atoms with Crippen molar-refractivity contribution in [2.75, 3.05) is 12.9 Å². The van der Waals surface area contributed by atoms with Gasteiger partial charge in [-0.1, -0.05) is 53.1 Å². The van der Waals surface area contributed by atoms with Crippen molar-refractivity contribution in [3.8, 4) is 17.2 Å². The molecule has 1 unspecified atom stereocenters. The van der Waals surface area contributed by atoms with E-state index in [1.165, 1.54) is 7.11 Å². The van der Waals surface area contributed by atoms with Gasteiger partial charge in [-0.3, -0.25) is 9.59 Å². The van der Waals surface area contributed by atoms with Gasteiger partial charge in [-0.05, 0) is 88.9 Å². The van der Waals surface area contributed by atoms with E-state index >= 15 is 0 Å². The minimum absolute atomic E-state index is 0.0270. The molecule has 0 spiro atoms. The van der Waals surface area contributed by atoms with Gasteiger partial charge in [0.25, 0.3) is 0 Å². The highest BCUT2D eigenvalue weighted by Crippen LogP contribution is 2.48. The molecule has 2 aliphatic heterocycles. The molecular weight excluding hydrogens is 569 g/mol. The maximum atomic E-state index is 13.4. The largest absolute Gasteiger partial charge is 0.508 e. The van der Waals surface area contributed by atoms with Gasteiger partial charge in [0.15, 0.2) is 17.3 Å². The molecule has 0 aromatic heterocycles. The molecule has 4 atom stereocenters. The number of ether oxygens (including phenoxy) is 1. The van der Waals surface area contributed by atoms with Crippen LogP contribution in [0.5, 0.6) is 17.2 Å². The van der Waals surface area contributed by atoms with E-state index in [1.807, 2.05) is 24.4 Å². The van der Waals surface area contributed by atoms with Crippen LogP contribution in [0.2, 0.25) is 0 Å². The van der Waals surface area contributed by atoms with Gasteiger partial charge in [0, 0.05) is 24.3 Å². The second kappa shape index (κ2) is 13.4. The van der Waals surface area contributed by atoms with E-state index in [2.05, 4.69) is 18.3 Å². The number of dihydropyridines is 1. The number of benzene rings is 2. The van der Waals surface area contributed by atoms with E-state index in [9.17, 15) is 19.8 Å². The van der Waals surface area contributed by atoms with Gasteiger partial charge < -0.3 is 26.0 Å². The van der Waals surface area contributed by atoms with E-state index in [-0.39, 0.29) is 40.7 Å². The Labute approximate surface area is 255 Å². The molecule has 222 valence electrons. The fraction of sp³-hybridized carbons (Fsp3) is 0.394. The van der Waals surface area contributed by atoms with Crippen molar-refractivity contribution in [1.82, 2.24) is 5.32 Å². The van der Waals surface area contributed by atoms with Crippen molar-refractivity contribution >= 4 is 39.2 Å². The highest BCUT2D eigenvalue weighted by atomic mass is 33.1. The van der Waals surface area contributed by atoms with Gasteiger partial charge >= 0.3 is 0 Å².